The standard InChI is InChI=1S/C11H8ClN5O2S/c12-8-3-10(6-13-4-8)20(18,19)16-9-5-15-11-14-1-2-17(11)7-9/h1-7,16H. The Morgan fingerprint density at radius 1 is 1.20 bits per heavy atom. The lowest BCUT2D eigenvalue weighted by molar-refractivity contribution is 0.600. The fourth-order valence-corrected chi connectivity index (χ4v) is 2.88. The minimum atomic E-state index is -3.76. The number of nitrogens with zero attached hydrogens (tertiary/aromatic N) is 4. The van der Waals surface area contributed by atoms with E-state index >= 15 is 0 Å². The van der Waals surface area contributed by atoms with E-state index in [1.165, 1.54) is 24.7 Å². The average Bonchev–Trinajstić information content (AvgIpc) is 2.85. The van der Waals surface area contributed by atoms with Crippen LogP contribution >= 0.6 is 11.6 Å². The van der Waals surface area contributed by atoms with Crippen LogP contribution in [0.15, 0.2) is 48.1 Å². The monoisotopic (exact) mass is 309 g/mol. The molecule has 7 nitrogen and oxygen atoms in total. The second-order valence-corrected chi connectivity index (χ2v) is 6.04. The zero-order valence-corrected chi connectivity index (χ0v) is 11.5. The van der Waals surface area contributed by atoms with Crippen molar-refractivity contribution in [3.05, 3.63) is 48.3 Å². The quantitative estimate of drug-likeness (QED) is 0.793. The number of sulfonamides is 1. The molecule has 1 N–H and O–H groups in total. The zero-order chi connectivity index (χ0) is 14.2. The molecule has 0 radical (unpaired) electrons. The molecule has 3 aromatic heterocycles. The molecular formula is C11H8ClN5O2S. The van der Waals surface area contributed by atoms with Crippen molar-refractivity contribution in [3.63, 3.8) is 0 Å². The molecule has 0 spiro atoms. The van der Waals surface area contributed by atoms with Crippen molar-refractivity contribution in [1.82, 2.24) is 19.4 Å². The molecule has 0 bridgehead atoms. The Morgan fingerprint density at radius 2 is 2.05 bits per heavy atom. The zero-order valence-electron chi connectivity index (χ0n) is 9.93. The summed E-state index contributed by atoms with van der Waals surface area (Å²) < 4.78 is 28.3. The Labute approximate surface area is 119 Å². The summed E-state index contributed by atoms with van der Waals surface area (Å²) in [5.74, 6) is 0.484. The first-order valence-electron chi connectivity index (χ1n) is 5.47. The molecule has 0 saturated heterocycles. The van der Waals surface area contributed by atoms with E-state index in [0.717, 1.165) is 0 Å². The second kappa shape index (κ2) is 4.73. The van der Waals surface area contributed by atoms with Gasteiger partial charge in [-0.1, -0.05) is 11.6 Å². The lowest BCUT2D eigenvalue weighted by Gasteiger charge is -2.07. The molecule has 0 aliphatic heterocycles. The second-order valence-electron chi connectivity index (χ2n) is 3.92. The number of fused-ring (bicyclic) bond motifs is 1. The number of hydrogen-bond acceptors (Lipinski definition) is 5. The van der Waals surface area contributed by atoms with E-state index in [0.29, 0.717) is 11.5 Å². The molecule has 0 atom stereocenters. The summed E-state index contributed by atoms with van der Waals surface area (Å²) in [6.07, 6.45) is 8.78. The summed E-state index contributed by atoms with van der Waals surface area (Å²) in [4.78, 5) is 11.7. The van der Waals surface area contributed by atoms with Gasteiger partial charge in [-0.05, 0) is 6.07 Å². The van der Waals surface area contributed by atoms with Gasteiger partial charge < -0.3 is 0 Å². The molecule has 3 rings (SSSR count). The van der Waals surface area contributed by atoms with E-state index in [1.807, 2.05) is 0 Å². The topological polar surface area (TPSA) is 89.2 Å². The van der Waals surface area contributed by atoms with Crippen LogP contribution in [0, 0.1) is 0 Å². The van der Waals surface area contributed by atoms with Crippen molar-refractivity contribution in [1.29, 1.82) is 0 Å². The molecule has 20 heavy (non-hydrogen) atoms. The van der Waals surface area contributed by atoms with E-state index in [1.54, 1.807) is 23.0 Å². The SMILES string of the molecule is O=S(=O)(Nc1cnc2nccn2c1)c1cncc(Cl)c1. The first kappa shape index (κ1) is 12.8. The van der Waals surface area contributed by atoms with Gasteiger partial charge in [0.1, 0.15) is 4.90 Å². The molecule has 3 heterocycles. The number of aromatic nitrogens is 4. The molecule has 0 amide bonds. The Morgan fingerprint density at radius 3 is 2.85 bits per heavy atom. The Kier molecular flexibility index (Phi) is 3.03. The number of halogens is 1. The first-order chi connectivity index (χ1) is 9.54. The number of nitrogens with one attached hydrogen (secondary N) is 1. The maximum absolute atomic E-state index is 12.2. The fraction of sp³-hybridized carbons (Fsp3) is 0. The first-order valence-corrected chi connectivity index (χ1v) is 7.33. The lowest BCUT2D eigenvalue weighted by Crippen LogP contribution is -2.13. The van der Waals surface area contributed by atoms with E-state index in [4.69, 9.17) is 11.6 Å². The largest absolute Gasteiger partial charge is 0.289 e. The molecule has 102 valence electrons. The third-order valence-corrected chi connectivity index (χ3v) is 4.04. The van der Waals surface area contributed by atoms with Gasteiger partial charge in [-0.15, -0.1) is 0 Å². The molecule has 0 aliphatic carbocycles. The fourth-order valence-electron chi connectivity index (χ4n) is 1.62. The maximum atomic E-state index is 12.2. The number of rotatable bonds is 3. The van der Waals surface area contributed by atoms with E-state index < -0.39 is 10.0 Å². The van der Waals surface area contributed by atoms with E-state index in [-0.39, 0.29) is 9.92 Å². The van der Waals surface area contributed by atoms with Crippen molar-refractivity contribution in [2.24, 2.45) is 0 Å². The van der Waals surface area contributed by atoms with Gasteiger partial charge in [0.05, 0.1) is 16.9 Å². The normalized spacial score (nSPS) is 11.7. The highest BCUT2D eigenvalue weighted by Gasteiger charge is 2.15. The third kappa shape index (κ3) is 2.43. The van der Waals surface area contributed by atoms with Crippen LogP contribution in [0.4, 0.5) is 5.69 Å². The Hall–Kier alpha value is -2.19. The van der Waals surface area contributed by atoms with Crippen LogP contribution < -0.4 is 4.72 Å². The predicted molar refractivity (Wildman–Crippen MR) is 73.0 cm³/mol. The summed E-state index contributed by atoms with van der Waals surface area (Å²) in [7, 11) is -3.76. The van der Waals surface area contributed by atoms with E-state index in [9.17, 15) is 8.42 Å². The van der Waals surface area contributed by atoms with Gasteiger partial charge in [0.25, 0.3) is 10.0 Å². The molecule has 9 heteroatoms. The number of anilines is 1. The van der Waals surface area contributed by atoms with Crippen LogP contribution in [0.3, 0.4) is 0 Å². The average molecular weight is 310 g/mol. The van der Waals surface area contributed by atoms with Gasteiger partial charge >= 0.3 is 0 Å². The van der Waals surface area contributed by atoms with Crippen molar-refractivity contribution in [2.75, 3.05) is 4.72 Å². The molecule has 0 fully saturated rings. The highest BCUT2D eigenvalue weighted by molar-refractivity contribution is 7.92. The Balaban J connectivity index is 1.96. The lowest BCUT2D eigenvalue weighted by atomic mass is 10.5. The summed E-state index contributed by atoms with van der Waals surface area (Å²) >= 11 is 5.74. The van der Waals surface area contributed by atoms with Gasteiger partial charge in [0, 0.05) is 31.0 Å². The summed E-state index contributed by atoms with van der Waals surface area (Å²) in [5, 5.41) is 0.246. The number of imidazole rings is 1. The van der Waals surface area contributed by atoms with Crippen LogP contribution in [0.25, 0.3) is 5.78 Å². The van der Waals surface area contributed by atoms with Gasteiger partial charge in [0.15, 0.2) is 0 Å². The van der Waals surface area contributed by atoms with Crippen LogP contribution in [0.2, 0.25) is 5.02 Å². The molecular weight excluding hydrogens is 302 g/mol. The molecule has 0 unspecified atom stereocenters. The van der Waals surface area contributed by atoms with Gasteiger partial charge in [0.2, 0.25) is 5.78 Å². The van der Waals surface area contributed by atoms with Crippen molar-refractivity contribution in [3.8, 4) is 0 Å². The van der Waals surface area contributed by atoms with Crippen LogP contribution in [-0.2, 0) is 10.0 Å². The Bertz CT molecular complexity index is 877. The molecule has 0 aromatic carbocycles. The predicted octanol–water partition coefficient (Wildman–Crippen LogP) is 1.58. The number of pyridine rings is 1. The van der Waals surface area contributed by atoms with Gasteiger partial charge in [-0.3, -0.25) is 14.1 Å². The van der Waals surface area contributed by atoms with Crippen molar-refractivity contribution >= 4 is 33.1 Å². The van der Waals surface area contributed by atoms with Crippen LogP contribution in [0.1, 0.15) is 0 Å². The van der Waals surface area contributed by atoms with Crippen LogP contribution in [0.5, 0.6) is 0 Å². The number of hydrogen-bond donors (Lipinski definition) is 1. The minimum absolute atomic E-state index is 0.0178. The van der Waals surface area contributed by atoms with Crippen LogP contribution in [-0.4, -0.2) is 27.8 Å². The summed E-state index contributed by atoms with van der Waals surface area (Å²) in [5.41, 5.74) is 0.315. The van der Waals surface area contributed by atoms with Crippen molar-refractivity contribution in [2.45, 2.75) is 4.90 Å². The summed E-state index contributed by atoms with van der Waals surface area (Å²) in [6, 6.07) is 1.32. The molecule has 0 saturated carbocycles. The minimum Gasteiger partial charge on any atom is -0.289 e. The highest BCUT2D eigenvalue weighted by atomic mass is 35.5. The van der Waals surface area contributed by atoms with Gasteiger partial charge in [-0.25, -0.2) is 18.4 Å². The van der Waals surface area contributed by atoms with Gasteiger partial charge in [-0.2, -0.15) is 0 Å². The molecule has 3 aromatic rings. The summed E-state index contributed by atoms with van der Waals surface area (Å²) in [6.45, 7) is 0. The maximum Gasteiger partial charge on any atom is 0.263 e. The third-order valence-electron chi connectivity index (χ3n) is 2.49. The van der Waals surface area contributed by atoms with Crippen molar-refractivity contribution < 1.29 is 8.42 Å². The highest BCUT2D eigenvalue weighted by Crippen LogP contribution is 2.17. The van der Waals surface area contributed by atoms with E-state index in [2.05, 4.69) is 19.7 Å². The smallest absolute Gasteiger partial charge is 0.263 e. The molecule has 0 aliphatic rings.